The van der Waals surface area contributed by atoms with Crippen LogP contribution in [0.5, 0.6) is 0 Å². The van der Waals surface area contributed by atoms with Crippen molar-refractivity contribution in [3.8, 4) is 0 Å². The second-order valence-corrected chi connectivity index (χ2v) is 6.32. The Morgan fingerprint density at radius 2 is 2.22 bits per heavy atom. The largest absolute Gasteiger partial charge is 1.00 e. The Hall–Kier alpha value is -0.620. The van der Waals surface area contributed by atoms with Gasteiger partial charge in [-0.2, -0.15) is 0 Å². The van der Waals surface area contributed by atoms with Crippen molar-refractivity contribution in [3.63, 3.8) is 0 Å². The number of imidazole rings is 1. The van der Waals surface area contributed by atoms with E-state index in [9.17, 15) is 14.6 Å². The van der Waals surface area contributed by atoms with E-state index >= 15 is 0 Å². The Kier molecular flexibility index (Phi) is 4.51. The van der Waals surface area contributed by atoms with Crippen molar-refractivity contribution in [1.82, 2.24) is 19.5 Å². The zero-order valence-corrected chi connectivity index (χ0v) is 14.9. The summed E-state index contributed by atoms with van der Waals surface area (Å²) in [6, 6.07) is 0. The second-order valence-electron chi connectivity index (χ2n) is 4.95. The molecule has 23 heavy (non-hydrogen) atoms. The number of ether oxygens (including phenoxy) is 1. The van der Waals surface area contributed by atoms with E-state index in [0.29, 0.717) is 11.2 Å². The predicted octanol–water partition coefficient (Wildman–Crippen LogP) is -4.45. The van der Waals surface area contributed by atoms with Crippen LogP contribution in [0.2, 0.25) is 0 Å². The number of aliphatic hydroxyl groups is 1. The minimum atomic E-state index is -4.41. The van der Waals surface area contributed by atoms with Crippen molar-refractivity contribution < 1.29 is 57.9 Å². The standard InChI is InChI=1S/C10H12N5O6P.Na/c11-8-5-9(13-2-12-8)15(3-14-5)10-6(16)7-4(20-10)1-19-22(17,18)21-7;/h2-4,6-7,10,16H,1H2,(H,17,18)(H2,11,12,13);/q;+1/p-1/t4?,6-,7?,10+;/m0./s1. The molecule has 0 aliphatic carbocycles. The monoisotopic (exact) mass is 351 g/mol. The van der Waals surface area contributed by atoms with Gasteiger partial charge in [0.1, 0.15) is 30.2 Å². The van der Waals surface area contributed by atoms with Crippen LogP contribution in [-0.4, -0.2) is 49.5 Å². The van der Waals surface area contributed by atoms with E-state index in [1.165, 1.54) is 17.2 Å². The molecule has 2 fully saturated rings. The first-order valence-electron chi connectivity index (χ1n) is 6.37. The number of hydrogen-bond acceptors (Lipinski definition) is 10. The van der Waals surface area contributed by atoms with Gasteiger partial charge in [-0.15, -0.1) is 0 Å². The van der Waals surface area contributed by atoms with Gasteiger partial charge < -0.3 is 29.5 Å². The number of phosphoric acid groups is 1. The zero-order chi connectivity index (χ0) is 15.5. The number of aromatic nitrogens is 4. The van der Waals surface area contributed by atoms with Crippen LogP contribution < -0.4 is 40.2 Å². The van der Waals surface area contributed by atoms with Crippen LogP contribution in [0.3, 0.4) is 0 Å². The first kappa shape index (κ1) is 17.2. The molecule has 0 amide bonds. The Morgan fingerprint density at radius 1 is 1.43 bits per heavy atom. The van der Waals surface area contributed by atoms with Crippen LogP contribution in [0.15, 0.2) is 12.7 Å². The molecule has 118 valence electrons. The number of rotatable bonds is 1. The minimum Gasteiger partial charge on any atom is -0.756 e. The fourth-order valence-electron chi connectivity index (χ4n) is 2.61. The summed E-state index contributed by atoms with van der Waals surface area (Å²) in [5.74, 6) is 0.192. The molecular weight excluding hydrogens is 340 g/mol. The van der Waals surface area contributed by atoms with Crippen molar-refractivity contribution in [2.45, 2.75) is 24.5 Å². The van der Waals surface area contributed by atoms with Crippen molar-refractivity contribution in [3.05, 3.63) is 12.7 Å². The Morgan fingerprint density at radius 3 is 3.00 bits per heavy atom. The van der Waals surface area contributed by atoms with Gasteiger partial charge in [0, 0.05) is 0 Å². The third kappa shape index (κ3) is 2.82. The molecule has 3 unspecified atom stereocenters. The van der Waals surface area contributed by atoms with E-state index < -0.39 is 32.4 Å². The fourth-order valence-corrected chi connectivity index (χ4v) is 3.56. The van der Waals surface area contributed by atoms with Crippen LogP contribution in [-0.2, 0) is 18.3 Å². The van der Waals surface area contributed by atoms with Gasteiger partial charge in [-0.05, 0) is 0 Å². The summed E-state index contributed by atoms with van der Waals surface area (Å²) < 4.78 is 27.8. The molecule has 2 aromatic rings. The average Bonchev–Trinajstić information content (AvgIpc) is 3.01. The van der Waals surface area contributed by atoms with E-state index in [0.717, 1.165) is 0 Å². The van der Waals surface area contributed by atoms with Gasteiger partial charge in [0.05, 0.1) is 12.9 Å². The normalized spacial score (nSPS) is 36.6. The summed E-state index contributed by atoms with van der Waals surface area (Å²) in [5.41, 5.74) is 6.43. The Labute approximate surface area is 151 Å². The number of anilines is 1. The molecule has 4 heterocycles. The molecule has 0 bridgehead atoms. The number of hydrogen-bond donors (Lipinski definition) is 2. The number of nitrogens with two attached hydrogens (primary N) is 1. The Bertz CT molecular complexity index is 788. The number of fused-ring (bicyclic) bond motifs is 2. The SMILES string of the molecule is Nc1ncnc2c1ncn2[C@@H]1OC2COP(=O)([O-])OC2[C@@H]1O.[Na+]. The van der Waals surface area contributed by atoms with Gasteiger partial charge in [-0.3, -0.25) is 9.13 Å². The van der Waals surface area contributed by atoms with Gasteiger partial charge in [0.15, 0.2) is 17.7 Å². The summed E-state index contributed by atoms with van der Waals surface area (Å²) in [6.07, 6.45) is -1.26. The van der Waals surface area contributed by atoms with Crippen molar-refractivity contribution in [2.24, 2.45) is 0 Å². The molecule has 2 saturated heterocycles. The fraction of sp³-hybridized carbons (Fsp3) is 0.500. The maximum Gasteiger partial charge on any atom is 1.00 e. The molecular formula is C10H11N5NaO6P. The van der Waals surface area contributed by atoms with E-state index in [1.807, 2.05) is 0 Å². The van der Waals surface area contributed by atoms with Crippen LogP contribution in [0.4, 0.5) is 5.82 Å². The molecule has 0 spiro atoms. The van der Waals surface area contributed by atoms with E-state index in [2.05, 4.69) is 19.5 Å². The minimum absolute atomic E-state index is 0. The number of nitrogens with zero attached hydrogens (tertiary/aromatic N) is 4. The third-order valence-corrected chi connectivity index (χ3v) is 4.59. The van der Waals surface area contributed by atoms with Gasteiger partial charge in [-0.25, -0.2) is 15.0 Å². The molecule has 4 rings (SSSR count). The van der Waals surface area contributed by atoms with Gasteiger partial charge in [0.25, 0.3) is 7.82 Å². The molecule has 11 nitrogen and oxygen atoms in total. The maximum absolute atomic E-state index is 11.3. The first-order chi connectivity index (χ1) is 10.5. The van der Waals surface area contributed by atoms with Crippen LogP contribution in [0, 0.1) is 0 Å². The molecule has 3 N–H and O–H groups in total. The predicted molar refractivity (Wildman–Crippen MR) is 68.1 cm³/mol. The molecule has 0 radical (unpaired) electrons. The van der Waals surface area contributed by atoms with E-state index in [-0.39, 0.29) is 42.0 Å². The number of phosphoric ester groups is 1. The van der Waals surface area contributed by atoms with Crippen molar-refractivity contribution >= 4 is 24.8 Å². The number of aliphatic hydroxyl groups excluding tert-OH is 1. The van der Waals surface area contributed by atoms with Gasteiger partial charge >= 0.3 is 29.6 Å². The smallest absolute Gasteiger partial charge is 0.756 e. The van der Waals surface area contributed by atoms with Crippen LogP contribution in [0.1, 0.15) is 6.23 Å². The summed E-state index contributed by atoms with van der Waals surface area (Å²) in [7, 11) is -4.41. The molecule has 0 saturated carbocycles. The van der Waals surface area contributed by atoms with Crippen LogP contribution >= 0.6 is 7.82 Å². The zero-order valence-electron chi connectivity index (χ0n) is 12.0. The summed E-state index contributed by atoms with van der Waals surface area (Å²) in [5, 5.41) is 10.3. The molecule has 0 aromatic carbocycles. The average molecular weight is 351 g/mol. The molecule has 13 heteroatoms. The second kappa shape index (κ2) is 6.03. The van der Waals surface area contributed by atoms with E-state index in [1.54, 1.807) is 0 Å². The quantitative estimate of drug-likeness (QED) is 0.379. The summed E-state index contributed by atoms with van der Waals surface area (Å²) in [6.45, 7) is -0.219. The van der Waals surface area contributed by atoms with E-state index in [4.69, 9.17) is 15.0 Å². The molecule has 2 aliphatic rings. The summed E-state index contributed by atoms with van der Waals surface area (Å²) >= 11 is 0. The molecule has 2 aliphatic heterocycles. The van der Waals surface area contributed by atoms with Gasteiger partial charge in [0.2, 0.25) is 0 Å². The summed E-state index contributed by atoms with van der Waals surface area (Å²) in [4.78, 5) is 23.3. The topological polar surface area (TPSA) is 158 Å². The van der Waals surface area contributed by atoms with Gasteiger partial charge in [-0.1, -0.05) is 0 Å². The molecule has 2 aromatic heterocycles. The maximum atomic E-state index is 11.3. The van der Waals surface area contributed by atoms with Crippen molar-refractivity contribution in [2.75, 3.05) is 12.3 Å². The first-order valence-corrected chi connectivity index (χ1v) is 7.83. The van der Waals surface area contributed by atoms with Crippen molar-refractivity contribution in [1.29, 1.82) is 0 Å². The third-order valence-electron chi connectivity index (χ3n) is 3.62. The Balaban J connectivity index is 0.00000156. The number of nitrogen functional groups attached to an aromatic ring is 1. The molecule has 5 atom stereocenters. The van der Waals surface area contributed by atoms with Crippen LogP contribution in [0.25, 0.3) is 11.2 Å².